The van der Waals surface area contributed by atoms with Crippen LogP contribution in [0.25, 0.3) is 11.5 Å². The number of sulfonamides is 1. The summed E-state index contributed by atoms with van der Waals surface area (Å²) in [5.74, 6) is -2.94. The molecule has 2 aromatic rings. The van der Waals surface area contributed by atoms with Crippen LogP contribution in [-0.2, 0) is 21.0 Å². The van der Waals surface area contributed by atoms with E-state index in [4.69, 9.17) is 9.52 Å². The fraction of sp³-hybridized carbons (Fsp3) is 0.429. The number of nitrogens with zero attached hydrogens (tertiary/aromatic N) is 2. The maximum atomic E-state index is 12.8. The van der Waals surface area contributed by atoms with Gasteiger partial charge >= 0.3 is 12.1 Å². The first kappa shape index (κ1) is 18.5. The van der Waals surface area contributed by atoms with Crippen molar-refractivity contribution in [3.05, 3.63) is 23.7 Å². The van der Waals surface area contributed by atoms with Gasteiger partial charge in [0.05, 0.1) is 0 Å². The van der Waals surface area contributed by atoms with E-state index in [0.717, 1.165) is 10.4 Å². The summed E-state index contributed by atoms with van der Waals surface area (Å²) < 4.78 is 73.6. The molecular formula is C14H13F3N2O6S. The van der Waals surface area contributed by atoms with E-state index in [2.05, 4.69) is 9.68 Å². The minimum Gasteiger partial charge on any atom is -0.480 e. The second kappa shape index (κ2) is 6.13. The normalized spacial score (nSPS) is 19.2. The summed E-state index contributed by atoms with van der Waals surface area (Å²) in [5, 5.41) is 12.4. The highest BCUT2D eigenvalue weighted by molar-refractivity contribution is 7.89. The van der Waals surface area contributed by atoms with E-state index in [1.54, 1.807) is 0 Å². The highest BCUT2D eigenvalue weighted by Gasteiger charge is 2.41. The average Bonchev–Trinajstić information content (AvgIpc) is 3.25. The summed E-state index contributed by atoms with van der Waals surface area (Å²) in [5.41, 5.74) is -0.321. The van der Waals surface area contributed by atoms with Crippen LogP contribution in [0.3, 0.4) is 0 Å². The molecule has 1 aliphatic rings. The SMILES string of the molecule is Cc1oc(-c2cc(C(F)(F)F)on2)cc1S(=O)(=O)N1CCC[C@H]1C(=O)O. The van der Waals surface area contributed by atoms with Gasteiger partial charge in [-0.1, -0.05) is 5.16 Å². The molecule has 1 N–H and O–H groups in total. The van der Waals surface area contributed by atoms with Crippen LogP contribution < -0.4 is 0 Å². The molecule has 0 aromatic carbocycles. The van der Waals surface area contributed by atoms with Crippen molar-refractivity contribution in [2.75, 3.05) is 6.54 Å². The Labute approximate surface area is 145 Å². The van der Waals surface area contributed by atoms with E-state index < -0.39 is 34.0 Å². The Kier molecular flexibility index (Phi) is 4.35. The largest absolute Gasteiger partial charge is 0.480 e. The smallest absolute Gasteiger partial charge is 0.452 e. The third-order valence-corrected chi connectivity index (χ3v) is 6.01. The molecule has 3 rings (SSSR count). The molecule has 3 heterocycles. The lowest BCUT2D eigenvalue weighted by Gasteiger charge is -2.20. The zero-order valence-corrected chi connectivity index (χ0v) is 14.1. The van der Waals surface area contributed by atoms with Gasteiger partial charge in [-0.3, -0.25) is 4.79 Å². The Bertz CT molecular complexity index is 946. The van der Waals surface area contributed by atoms with Crippen LogP contribution in [0.4, 0.5) is 13.2 Å². The van der Waals surface area contributed by atoms with Gasteiger partial charge in [-0.15, -0.1) is 0 Å². The van der Waals surface area contributed by atoms with E-state index in [1.807, 2.05) is 0 Å². The molecule has 0 bridgehead atoms. The molecule has 26 heavy (non-hydrogen) atoms. The molecule has 1 fully saturated rings. The lowest BCUT2D eigenvalue weighted by Crippen LogP contribution is -2.40. The van der Waals surface area contributed by atoms with Crippen LogP contribution in [0.1, 0.15) is 24.4 Å². The first-order chi connectivity index (χ1) is 12.0. The number of carbonyl (C=O) groups is 1. The van der Waals surface area contributed by atoms with Gasteiger partial charge in [0.1, 0.15) is 22.4 Å². The first-order valence-electron chi connectivity index (χ1n) is 7.41. The Balaban J connectivity index is 1.98. The van der Waals surface area contributed by atoms with Crippen molar-refractivity contribution in [2.45, 2.75) is 36.9 Å². The molecule has 1 atom stereocenters. The monoisotopic (exact) mass is 394 g/mol. The van der Waals surface area contributed by atoms with Gasteiger partial charge in [-0.2, -0.15) is 17.5 Å². The van der Waals surface area contributed by atoms with E-state index in [-0.39, 0.29) is 35.1 Å². The number of rotatable bonds is 4. The molecule has 0 saturated carbocycles. The Morgan fingerprint density at radius 3 is 2.65 bits per heavy atom. The van der Waals surface area contributed by atoms with Crippen molar-refractivity contribution in [3.8, 4) is 11.5 Å². The van der Waals surface area contributed by atoms with Crippen LogP contribution in [-0.4, -0.2) is 41.5 Å². The third-order valence-electron chi connectivity index (χ3n) is 3.99. The zero-order valence-electron chi connectivity index (χ0n) is 13.3. The fourth-order valence-corrected chi connectivity index (χ4v) is 4.59. The summed E-state index contributed by atoms with van der Waals surface area (Å²) in [6, 6.07) is 0.409. The summed E-state index contributed by atoms with van der Waals surface area (Å²) in [6.07, 6.45) is -4.18. The number of furan rings is 1. The molecule has 0 unspecified atom stereocenters. The lowest BCUT2D eigenvalue weighted by atomic mass is 10.2. The number of aryl methyl sites for hydroxylation is 1. The van der Waals surface area contributed by atoms with Crippen molar-refractivity contribution in [1.29, 1.82) is 0 Å². The molecule has 0 radical (unpaired) electrons. The number of aliphatic carboxylic acids is 1. The minimum atomic E-state index is -4.74. The Hall–Kier alpha value is -2.34. The van der Waals surface area contributed by atoms with Crippen LogP contribution in [0, 0.1) is 6.92 Å². The number of hydrogen-bond acceptors (Lipinski definition) is 6. The average molecular weight is 394 g/mol. The van der Waals surface area contributed by atoms with Crippen molar-refractivity contribution >= 4 is 16.0 Å². The van der Waals surface area contributed by atoms with Gasteiger partial charge in [0.2, 0.25) is 15.8 Å². The van der Waals surface area contributed by atoms with Crippen molar-refractivity contribution in [1.82, 2.24) is 9.46 Å². The molecule has 12 heteroatoms. The predicted molar refractivity (Wildman–Crippen MR) is 78.5 cm³/mol. The third kappa shape index (κ3) is 3.09. The Morgan fingerprint density at radius 1 is 1.38 bits per heavy atom. The van der Waals surface area contributed by atoms with Gasteiger partial charge in [0.25, 0.3) is 0 Å². The van der Waals surface area contributed by atoms with Crippen LogP contribution in [0.5, 0.6) is 0 Å². The van der Waals surface area contributed by atoms with E-state index in [0.29, 0.717) is 12.5 Å². The van der Waals surface area contributed by atoms with Gasteiger partial charge in [0.15, 0.2) is 5.76 Å². The highest BCUT2D eigenvalue weighted by atomic mass is 32.2. The first-order valence-corrected chi connectivity index (χ1v) is 8.85. The van der Waals surface area contributed by atoms with Gasteiger partial charge in [-0.05, 0) is 19.8 Å². The number of carboxylic acid groups (broad SMARTS) is 1. The van der Waals surface area contributed by atoms with Gasteiger partial charge < -0.3 is 14.0 Å². The molecule has 0 amide bonds. The Morgan fingerprint density at radius 2 is 2.08 bits per heavy atom. The topological polar surface area (TPSA) is 114 Å². The molecule has 2 aromatic heterocycles. The molecule has 1 saturated heterocycles. The van der Waals surface area contributed by atoms with Crippen LogP contribution in [0.15, 0.2) is 26.0 Å². The number of aromatic nitrogens is 1. The summed E-state index contributed by atoms with van der Waals surface area (Å²) >= 11 is 0. The molecule has 0 spiro atoms. The molecule has 142 valence electrons. The molecule has 1 aliphatic heterocycles. The van der Waals surface area contributed by atoms with Crippen LogP contribution >= 0.6 is 0 Å². The molecule has 8 nitrogen and oxygen atoms in total. The maximum Gasteiger partial charge on any atom is 0.452 e. The number of carboxylic acids is 1. The second-order valence-electron chi connectivity index (χ2n) is 5.72. The van der Waals surface area contributed by atoms with Crippen molar-refractivity contribution < 1.29 is 40.4 Å². The molecular weight excluding hydrogens is 381 g/mol. The summed E-state index contributed by atoms with van der Waals surface area (Å²) in [4.78, 5) is 10.9. The zero-order chi connectivity index (χ0) is 19.3. The number of hydrogen-bond donors (Lipinski definition) is 1. The fourth-order valence-electron chi connectivity index (χ4n) is 2.77. The predicted octanol–water partition coefficient (Wildman–Crippen LogP) is 2.50. The highest BCUT2D eigenvalue weighted by Crippen LogP contribution is 2.35. The summed E-state index contributed by atoms with van der Waals surface area (Å²) in [7, 11) is -4.19. The van der Waals surface area contributed by atoms with Gasteiger partial charge in [0, 0.05) is 18.7 Å². The maximum absolute atomic E-state index is 12.8. The number of alkyl halides is 3. The van der Waals surface area contributed by atoms with E-state index >= 15 is 0 Å². The second-order valence-corrected chi connectivity index (χ2v) is 7.58. The quantitative estimate of drug-likeness (QED) is 0.847. The van der Waals surface area contributed by atoms with Crippen molar-refractivity contribution in [3.63, 3.8) is 0 Å². The standard InChI is InChI=1S/C14H13F3N2O6S/c1-7-11(26(22,23)19-4-2-3-9(19)13(20)21)6-10(24-7)8-5-12(25-18-8)14(15,16)17/h5-6,9H,2-4H2,1H3,(H,20,21)/t9-/m0/s1. The number of halogens is 3. The van der Waals surface area contributed by atoms with E-state index in [1.165, 1.54) is 6.92 Å². The van der Waals surface area contributed by atoms with Gasteiger partial charge in [-0.25, -0.2) is 8.42 Å². The molecule has 0 aliphatic carbocycles. The van der Waals surface area contributed by atoms with E-state index in [9.17, 15) is 26.4 Å². The lowest BCUT2D eigenvalue weighted by molar-refractivity contribution is -0.155. The summed E-state index contributed by atoms with van der Waals surface area (Å²) in [6.45, 7) is 1.34. The minimum absolute atomic E-state index is 0.0292. The van der Waals surface area contributed by atoms with Crippen molar-refractivity contribution in [2.24, 2.45) is 0 Å². The van der Waals surface area contributed by atoms with Crippen LogP contribution in [0.2, 0.25) is 0 Å².